The van der Waals surface area contributed by atoms with Gasteiger partial charge in [0.15, 0.2) is 11.9 Å². The fourth-order valence-electron chi connectivity index (χ4n) is 3.74. The Hall–Kier alpha value is -3.38. The van der Waals surface area contributed by atoms with Gasteiger partial charge in [0, 0.05) is 22.6 Å². The molecule has 166 valence electrons. The zero-order valence-corrected chi connectivity index (χ0v) is 19.8. The number of nitrogens with one attached hydrogen (secondary N) is 1. The number of benzene rings is 3. The Morgan fingerprint density at radius 1 is 0.879 bits per heavy atom. The molecule has 6 heteroatoms. The van der Waals surface area contributed by atoms with Crippen molar-refractivity contribution in [3.05, 3.63) is 95.6 Å². The lowest BCUT2D eigenvalue weighted by molar-refractivity contribution is 0.225. The molecule has 0 aliphatic carbocycles. The Morgan fingerprint density at radius 3 is 2.36 bits per heavy atom. The minimum absolute atomic E-state index is 0.0947. The maximum absolute atomic E-state index is 6.41. The first-order chi connectivity index (χ1) is 16.0. The van der Waals surface area contributed by atoms with Crippen LogP contribution in [0.25, 0.3) is 11.3 Å². The highest BCUT2D eigenvalue weighted by Gasteiger charge is 2.26. The van der Waals surface area contributed by atoms with Gasteiger partial charge >= 0.3 is 0 Å². The van der Waals surface area contributed by atoms with Crippen molar-refractivity contribution in [3.63, 3.8) is 0 Å². The van der Waals surface area contributed by atoms with E-state index in [-0.39, 0.29) is 11.6 Å². The number of ether oxygens (including phenoxy) is 1. The van der Waals surface area contributed by atoms with Crippen LogP contribution in [0.15, 0.2) is 84.0 Å². The van der Waals surface area contributed by atoms with E-state index in [1.807, 2.05) is 42.5 Å². The summed E-state index contributed by atoms with van der Waals surface area (Å²) in [6.07, 6.45) is -0.384. The minimum Gasteiger partial charge on any atom is -0.448 e. The van der Waals surface area contributed by atoms with E-state index < -0.39 is 0 Å². The molecule has 0 bridgehead atoms. The zero-order chi connectivity index (χ0) is 22.8. The Bertz CT molecular complexity index is 1250. The van der Waals surface area contributed by atoms with E-state index in [0.29, 0.717) is 16.7 Å². The molecule has 0 amide bonds. The molecule has 1 aliphatic heterocycles. The van der Waals surface area contributed by atoms with Gasteiger partial charge in [0.25, 0.3) is 0 Å². The third-order valence-electron chi connectivity index (χ3n) is 5.62. The van der Waals surface area contributed by atoms with E-state index in [1.54, 1.807) is 11.8 Å². The number of thioether (sulfide) groups is 1. The quantitative estimate of drug-likeness (QED) is 0.349. The maximum atomic E-state index is 6.41. The van der Waals surface area contributed by atoms with Gasteiger partial charge < -0.3 is 10.1 Å². The molecule has 0 fully saturated rings. The zero-order valence-electron chi connectivity index (χ0n) is 18.9. The van der Waals surface area contributed by atoms with Gasteiger partial charge in [-0.25, -0.2) is 0 Å². The summed E-state index contributed by atoms with van der Waals surface area (Å²) in [5.41, 5.74) is 6.15. The molecule has 1 atom stereocenters. The largest absolute Gasteiger partial charge is 0.448 e. The molecule has 0 spiro atoms. The normalized spacial score (nSPS) is 14.9. The molecule has 5 nitrogen and oxygen atoms in total. The molecular formula is C27H26N4OS. The molecule has 0 saturated carbocycles. The summed E-state index contributed by atoms with van der Waals surface area (Å²) in [5.74, 6) is 1.26. The monoisotopic (exact) mass is 454 g/mol. The van der Waals surface area contributed by atoms with E-state index in [1.165, 1.54) is 11.1 Å². The van der Waals surface area contributed by atoms with Crippen molar-refractivity contribution < 1.29 is 4.74 Å². The van der Waals surface area contributed by atoms with Crippen LogP contribution in [0.3, 0.4) is 0 Å². The van der Waals surface area contributed by atoms with Gasteiger partial charge in [-0.2, -0.15) is 4.98 Å². The Morgan fingerprint density at radius 2 is 1.61 bits per heavy atom. The molecule has 0 radical (unpaired) electrons. The van der Waals surface area contributed by atoms with Crippen LogP contribution in [0.2, 0.25) is 0 Å². The predicted octanol–water partition coefficient (Wildman–Crippen LogP) is 6.63. The lowest BCUT2D eigenvalue weighted by atomic mass is 9.86. The molecule has 3 aromatic carbocycles. The third kappa shape index (κ3) is 4.71. The summed E-state index contributed by atoms with van der Waals surface area (Å²) in [6.45, 7) is 6.64. The van der Waals surface area contributed by atoms with Gasteiger partial charge in [-0.15, -0.1) is 10.2 Å². The number of anilines is 1. The van der Waals surface area contributed by atoms with Crippen molar-refractivity contribution in [2.75, 3.05) is 5.32 Å². The number of para-hydroxylation sites is 1. The first-order valence-corrected chi connectivity index (χ1v) is 12.0. The minimum atomic E-state index is -0.384. The number of rotatable bonds is 4. The Labute approximate surface area is 198 Å². The van der Waals surface area contributed by atoms with Crippen LogP contribution in [0.5, 0.6) is 5.88 Å². The number of aromatic nitrogens is 3. The van der Waals surface area contributed by atoms with Crippen molar-refractivity contribution >= 4 is 17.4 Å². The molecule has 5 rings (SSSR count). The van der Waals surface area contributed by atoms with E-state index in [0.717, 1.165) is 22.6 Å². The first kappa shape index (κ1) is 21.5. The SMILES string of the molecule is CC(C)(C)c1ccc([C@@H]2Nc3ccccc3-c3nnc(SCc4ccccc4)nc3O2)cc1. The molecule has 0 saturated heterocycles. The Balaban J connectivity index is 1.47. The highest BCUT2D eigenvalue weighted by Crippen LogP contribution is 2.39. The maximum Gasteiger partial charge on any atom is 0.247 e. The second kappa shape index (κ2) is 8.87. The van der Waals surface area contributed by atoms with Gasteiger partial charge in [0.05, 0.1) is 0 Å². The molecule has 0 unspecified atom stereocenters. The molecule has 33 heavy (non-hydrogen) atoms. The summed E-state index contributed by atoms with van der Waals surface area (Å²) >= 11 is 1.55. The second-order valence-electron chi connectivity index (χ2n) is 9.08. The van der Waals surface area contributed by atoms with E-state index in [4.69, 9.17) is 9.72 Å². The van der Waals surface area contributed by atoms with Gasteiger partial charge in [0.1, 0.15) is 0 Å². The lowest BCUT2D eigenvalue weighted by Gasteiger charge is -2.22. The topological polar surface area (TPSA) is 59.9 Å². The van der Waals surface area contributed by atoms with Gasteiger partial charge in [-0.3, -0.25) is 0 Å². The molecule has 4 aromatic rings. The number of hydrogen-bond donors (Lipinski definition) is 1. The highest BCUT2D eigenvalue weighted by atomic mass is 32.2. The van der Waals surface area contributed by atoms with Gasteiger partial charge in [0.2, 0.25) is 11.0 Å². The summed E-state index contributed by atoms with van der Waals surface area (Å²) in [7, 11) is 0. The van der Waals surface area contributed by atoms with Crippen LogP contribution in [-0.2, 0) is 11.2 Å². The second-order valence-corrected chi connectivity index (χ2v) is 10.0. The number of nitrogens with zero attached hydrogens (tertiary/aromatic N) is 3. The van der Waals surface area contributed by atoms with Crippen molar-refractivity contribution in [2.45, 2.75) is 43.3 Å². The van der Waals surface area contributed by atoms with Crippen molar-refractivity contribution in [1.29, 1.82) is 0 Å². The van der Waals surface area contributed by atoms with Gasteiger partial charge in [-0.05, 0) is 22.6 Å². The van der Waals surface area contributed by atoms with Gasteiger partial charge in [-0.1, -0.05) is 105 Å². The fourth-order valence-corrected chi connectivity index (χ4v) is 4.47. The number of fused-ring (bicyclic) bond motifs is 3. The summed E-state index contributed by atoms with van der Waals surface area (Å²) < 4.78 is 6.41. The highest BCUT2D eigenvalue weighted by molar-refractivity contribution is 7.98. The van der Waals surface area contributed by atoms with Crippen molar-refractivity contribution in [2.24, 2.45) is 0 Å². The molecule has 1 N–H and O–H groups in total. The summed E-state index contributed by atoms with van der Waals surface area (Å²) in [5, 5.41) is 13.0. The van der Waals surface area contributed by atoms with Crippen LogP contribution in [-0.4, -0.2) is 15.2 Å². The van der Waals surface area contributed by atoms with Crippen LogP contribution < -0.4 is 10.1 Å². The van der Waals surface area contributed by atoms with Crippen molar-refractivity contribution in [3.8, 4) is 17.1 Å². The van der Waals surface area contributed by atoms with E-state index in [2.05, 4.69) is 72.7 Å². The predicted molar refractivity (Wildman–Crippen MR) is 133 cm³/mol. The third-order valence-corrected chi connectivity index (χ3v) is 6.53. The molecule has 1 aromatic heterocycles. The standard InChI is InChI=1S/C27H26N4OS/c1-27(2,3)20-15-13-19(14-16-20)24-28-22-12-8-7-11-21(22)23-25(32-24)29-26(31-30-23)33-17-18-9-5-4-6-10-18/h4-16,24,28H,17H2,1-3H3/t24-/m1/s1. The first-order valence-electron chi connectivity index (χ1n) is 11.0. The van der Waals surface area contributed by atoms with Crippen LogP contribution >= 0.6 is 11.8 Å². The van der Waals surface area contributed by atoms with E-state index in [9.17, 15) is 0 Å². The van der Waals surface area contributed by atoms with E-state index >= 15 is 0 Å². The smallest absolute Gasteiger partial charge is 0.247 e. The molecule has 1 aliphatic rings. The Kier molecular flexibility index (Phi) is 5.77. The van der Waals surface area contributed by atoms with Crippen LogP contribution in [0, 0.1) is 0 Å². The molecular weight excluding hydrogens is 428 g/mol. The van der Waals surface area contributed by atoms with Crippen LogP contribution in [0.1, 0.15) is 43.7 Å². The number of hydrogen-bond acceptors (Lipinski definition) is 6. The summed E-state index contributed by atoms with van der Waals surface area (Å²) in [4.78, 5) is 4.75. The molecule has 2 heterocycles. The van der Waals surface area contributed by atoms with Crippen molar-refractivity contribution in [1.82, 2.24) is 15.2 Å². The van der Waals surface area contributed by atoms with Crippen LogP contribution in [0.4, 0.5) is 5.69 Å². The average Bonchev–Trinajstić information content (AvgIpc) is 2.99. The average molecular weight is 455 g/mol. The fraction of sp³-hybridized carbons (Fsp3) is 0.222. The lowest BCUT2D eigenvalue weighted by Crippen LogP contribution is -2.18. The summed E-state index contributed by atoms with van der Waals surface area (Å²) in [6, 6.07) is 26.9.